The first-order valence-electron chi connectivity index (χ1n) is 19.2. The molecule has 0 saturated heterocycles. The molecule has 6 nitrogen and oxygen atoms in total. The number of rotatable bonds is 8. The van der Waals surface area contributed by atoms with Crippen LogP contribution in [-0.4, -0.2) is 29.9 Å². The molecule has 0 amide bonds. The second-order valence-corrected chi connectivity index (χ2v) is 15.3. The summed E-state index contributed by atoms with van der Waals surface area (Å²) in [5, 5.41) is 0. The summed E-state index contributed by atoms with van der Waals surface area (Å²) in [5.74, 6) is 6.80. The minimum atomic E-state index is 0.439. The summed E-state index contributed by atoms with van der Waals surface area (Å²) < 4.78 is 0. The van der Waals surface area contributed by atoms with E-state index in [1.54, 1.807) is 0 Å². The van der Waals surface area contributed by atoms with Gasteiger partial charge in [0.15, 0.2) is 34.9 Å². The topological polar surface area (TPSA) is 77.3 Å². The lowest BCUT2D eigenvalue weighted by atomic mass is 9.28. The Hall–Kier alpha value is -6.66. The summed E-state index contributed by atoms with van der Waals surface area (Å²) in [6, 6.07) is 56.2. The molecule has 2 atom stereocenters. The standard InChI is InChI=1S/C49H36N6/c1-4-11-32(12-5-1)43-51-46(53-47(52-43)36-23-25-41(26-24-36)49-29-39-28-40(30-49)42(39)49)35-21-19-31(20-22-35)37-17-10-18-38(27-37)48-54-44(33-13-6-2-7-14-33)50-45(55-48)34-15-8-3-9-16-34/h1-27,39-40,42H,28-30H2. The highest BCUT2D eigenvalue weighted by molar-refractivity contribution is 5.75. The van der Waals surface area contributed by atoms with Crippen molar-refractivity contribution in [1.82, 2.24) is 29.9 Å². The maximum atomic E-state index is 5.05. The molecule has 2 aromatic heterocycles. The molecule has 3 saturated carbocycles. The van der Waals surface area contributed by atoms with Crippen molar-refractivity contribution in [2.24, 2.45) is 17.8 Å². The zero-order valence-electron chi connectivity index (χ0n) is 30.1. The summed E-state index contributed by atoms with van der Waals surface area (Å²) in [5.41, 5.74) is 9.78. The molecule has 3 aliphatic carbocycles. The molecule has 2 unspecified atom stereocenters. The van der Waals surface area contributed by atoms with Crippen LogP contribution >= 0.6 is 0 Å². The Morgan fingerprint density at radius 1 is 0.327 bits per heavy atom. The Bertz CT molecular complexity index is 2610. The number of nitrogens with zero attached hydrogens (tertiary/aromatic N) is 6. The van der Waals surface area contributed by atoms with E-state index in [-0.39, 0.29) is 0 Å². The van der Waals surface area contributed by atoms with Crippen LogP contribution in [0.5, 0.6) is 0 Å². The van der Waals surface area contributed by atoms with E-state index >= 15 is 0 Å². The van der Waals surface area contributed by atoms with Gasteiger partial charge < -0.3 is 0 Å². The number of hydrogen-bond donors (Lipinski definition) is 0. The van der Waals surface area contributed by atoms with Gasteiger partial charge in [-0.05, 0) is 65.2 Å². The predicted molar refractivity (Wildman–Crippen MR) is 217 cm³/mol. The van der Waals surface area contributed by atoms with Crippen molar-refractivity contribution in [1.29, 1.82) is 0 Å². The first kappa shape index (κ1) is 31.8. The molecule has 8 aromatic rings. The van der Waals surface area contributed by atoms with E-state index in [4.69, 9.17) is 29.9 Å². The second kappa shape index (κ2) is 12.7. The van der Waals surface area contributed by atoms with E-state index in [0.717, 1.165) is 62.3 Å². The Kier molecular flexibility index (Phi) is 7.37. The third-order valence-corrected chi connectivity index (χ3v) is 12.2. The summed E-state index contributed by atoms with van der Waals surface area (Å²) >= 11 is 0. The van der Waals surface area contributed by atoms with Gasteiger partial charge in [-0.1, -0.05) is 158 Å². The van der Waals surface area contributed by atoms with Gasteiger partial charge in [0.2, 0.25) is 0 Å². The van der Waals surface area contributed by atoms with E-state index in [1.165, 1.54) is 24.8 Å². The fourth-order valence-corrected chi connectivity index (χ4v) is 9.48. The van der Waals surface area contributed by atoms with Crippen molar-refractivity contribution in [3.8, 4) is 79.5 Å². The minimum absolute atomic E-state index is 0.439. The van der Waals surface area contributed by atoms with E-state index in [9.17, 15) is 0 Å². The number of aromatic nitrogens is 6. The fraction of sp³-hybridized carbons (Fsp3) is 0.143. The van der Waals surface area contributed by atoms with Crippen LogP contribution in [0.4, 0.5) is 0 Å². The Morgan fingerprint density at radius 3 is 1.09 bits per heavy atom. The third kappa shape index (κ3) is 5.47. The van der Waals surface area contributed by atoms with Crippen molar-refractivity contribution in [3.05, 3.63) is 169 Å². The molecule has 6 aromatic carbocycles. The average molecular weight is 709 g/mol. The van der Waals surface area contributed by atoms with Gasteiger partial charge in [-0.3, -0.25) is 0 Å². The Balaban J connectivity index is 0.923. The zero-order valence-corrected chi connectivity index (χ0v) is 30.1. The van der Waals surface area contributed by atoms with E-state index in [2.05, 4.69) is 84.9 Å². The molecule has 6 heteroatoms. The first-order chi connectivity index (χ1) is 27.2. The third-order valence-electron chi connectivity index (χ3n) is 12.2. The summed E-state index contributed by atoms with van der Waals surface area (Å²) in [6.45, 7) is 0. The molecule has 0 radical (unpaired) electrons. The normalized spacial score (nSPS) is 20.4. The molecule has 55 heavy (non-hydrogen) atoms. The van der Waals surface area contributed by atoms with Gasteiger partial charge in [-0.25, -0.2) is 29.9 Å². The Morgan fingerprint density at radius 2 is 0.673 bits per heavy atom. The van der Waals surface area contributed by atoms with Gasteiger partial charge in [-0.15, -0.1) is 0 Å². The fourth-order valence-electron chi connectivity index (χ4n) is 9.48. The quantitative estimate of drug-likeness (QED) is 0.156. The monoisotopic (exact) mass is 708 g/mol. The van der Waals surface area contributed by atoms with E-state index in [0.29, 0.717) is 40.4 Å². The number of benzene rings is 6. The van der Waals surface area contributed by atoms with Crippen molar-refractivity contribution in [2.75, 3.05) is 0 Å². The van der Waals surface area contributed by atoms with Crippen LogP contribution < -0.4 is 0 Å². The molecule has 0 N–H and O–H groups in total. The van der Waals surface area contributed by atoms with Crippen LogP contribution in [0, 0.1) is 17.8 Å². The maximum absolute atomic E-state index is 5.05. The molecule has 2 heterocycles. The smallest absolute Gasteiger partial charge is 0.164 e. The van der Waals surface area contributed by atoms with Gasteiger partial charge >= 0.3 is 0 Å². The zero-order chi connectivity index (χ0) is 36.3. The minimum Gasteiger partial charge on any atom is -0.208 e. The molecular weight excluding hydrogens is 673 g/mol. The van der Waals surface area contributed by atoms with Crippen LogP contribution in [0.1, 0.15) is 24.8 Å². The van der Waals surface area contributed by atoms with Crippen molar-refractivity contribution in [2.45, 2.75) is 24.7 Å². The summed E-state index contributed by atoms with van der Waals surface area (Å²) in [7, 11) is 0. The van der Waals surface area contributed by atoms with Gasteiger partial charge in [0, 0.05) is 33.4 Å². The van der Waals surface area contributed by atoms with Crippen LogP contribution in [0.3, 0.4) is 0 Å². The first-order valence-corrected chi connectivity index (χ1v) is 19.2. The van der Waals surface area contributed by atoms with Crippen LogP contribution in [0.2, 0.25) is 0 Å². The molecule has 3 aliphatic rings. The van der Waals surface area contributed by atoms with E-state index in [1.807, 2.05) is 78.9 Å². The highest BCUT2D eigenvalue weighted by Crippen LogP contribution is 2.77. The van der Waals surface area contributed by atoms with Gasteiger partial charge in [0.05, 0.1) is 0 Å². The molecule has 3 fully saturated rings. The highest BCUT2D eigenvalue weighted by atomic mass is 15.0. The highest BCUT2D eigenvalue weighted by Gasteiger charge is 2.71. The van der Waals surface area contributed by atoms with Crippen molar-refractivity contribution < 1.29 is 0 Å². The molecule has 0 spiro atoms. The SMILES string of the molecule is c1ccc(-c2nc(-c3ccc(-c4cccc(-c5nc(-c6ccccc6)nc(-c6ccccc6)n5)c4)cc3)nc(-c3ccc(C45CC6CC(C4)C65)cc3)n2)cc1. The molecule has 11 rings (SSSR count). The van der Waals surface area contributed by atoms with Crippen molar-refractivity contribution >= 4 is 0 Å². The lowest BCUT2D eigenvalue weighted by Crippen LogP contribution is -2.71. The summed E-state index contributed by atoms with van der Waals surface area (Å²) in [6.07, 6.45) is 4.19. The van der Waals surface area contributed by atoms with Crippen molar-refractivity contribution in [3.63, 3.8) is 0 Å². The lowest BCUT2D eigenvalue weighted by Gasteiger charge is -2.76. The predicted octanol–water partition coefficient (Wildman–Crippen LogP) is 11.0. The largest absolute Gasteiger partial charge is 0.208 e. The molecule has 262 valence electrons. The van der Waals surface area contributed by atoms with Gasteiger partial charge in [0.25, 0.3) is 0 Å². The van der Waals surface area contributed by atoms with Gasteiger partial charge in [-0.2, -0.15) is 0 Å². The number of hydrogen-bond acceptors (Lipinski definition) is 6. The lowest BCUT2D eigenvalue weighted by molar-refractivity contribution is -0.219. The Labute approximate surface area is 320 Å². The van der Waals surface area contributed by atoms with Crippen LogP contribution in [0.25, 0.3) is 79.5 Å². The average Bonchev–Trinajstić information content (AvgIpc) is 3.27. The van der Waals surface area contributed by atoms with Crippen LogP contribution in [-0.2, 0) is 5.41 Å². The summed E-state index contributed by atoms with van der Waals surface area (Å²) in [4.78, 5) is 29.8. The van der Waals surface area contributed by atoms with Gasteiger partial charge in [0.1, 0.15) is 0 Å². The second-order valence-electron chi connectivity index (χ2n) is 15.3. The molecule has 0 aliphatic heterocycles. The van der Waals surface area contributed by atoms with Crippen LogP contribution in [0.15, 0.2) is 164 Å². The maximum Gasteiger partial charge on any atom is 0.164 e. The van der Waals surface area contributed by atoms with E-state index < -0.39 is 0 Å². The molecule has 0 bridgehead atoms. The molecular formula is C49H36N6.